The molecular formula is C15H17I. The maximum Gasteiger partial charge on any atom is 0.0116 e. The molecule has 2 rings (SSSR count). The van der Waals surface area contributed by atoms with Crippen LogP contribution in [0.2, 0.25) is 0 Å². The van der Waals surface area contributed by atoms with Crippen LogP contribution in [0.4, 0.5) is 0 Å². The number of benzene rings is 1. The lowest BCUT2D eigenvalue weighted by Gasteiger charge is -2.19. The van der Waals surface area contributed by atoms with Gasteiger partial charge in [-0.1, -0.05) is 47.1 Å². The van der Waals surface area contributed by atoms with E-state index in [-0.39, 0.29) is 0 Å². The van der Waals surface area contributed by atoms with Crippen LogP contribution in [-0.2, 0) is 0 Å². The molecule has 0 nitrogen and oxygen atoms in total. The van der Waals surface area contributed by atoms with Crippen LogP contribution < -0.4 is 0 Å². The van der Waals surface area contributed by atoms with Crippen molar-refractivity contribution in [2.24, 2.45) is 0 Å². The highest BCUT2D eigenvalue weighted by molar-refractivity contribution is 14.1. The van der Waals surface area contributed by atoms with Crippen LogP contribution in [0.3, 0.4) is 0 Å². The van der Waals surface area contributed by atoms with Gasteiger partial charge in [-0.2, -0.15) is 0 Å². The van der Waals surface area contributed by atoms with E-state index in [1.165, 1.54) is 25.8 Å². The van der Waals surface area contributed by atoms with Gasteiger partial charge in [-0.25, -0.2) is 0 Å². The van der Waals surface area contributed by atoms with Crippen LogP contribution in [0, 0.1) is 13.8 Å². The molecule has 1 atom stereocenters. The first-order valence-corrected chi connectivity index (χ1v) is 6.76. The molecule has 1 aromatic carbocycles. The van der Waals surface area contributed by atoms with E-state index >= 15 is 0 Å². The van der Waals surface area contributed by atoms with Gasteiger partial charge in [0.1, 0.15) is 0 Å². The van der Waals surface area contributed by atoms with Crippen LogP contribution in [0.15, 0.2) is 39.5 Å². The molecule has 0 aromatic heterocycles. The van der Waals surface area contributed by atoms with Gasteiger partial charge in [0.05, 0.1) is 0 Å². The minimum atomic E-state index is 0.567. The molecule has 16 heavy (non-hydrogen) atoms. The first-order chi connectivity index (χ1) is 7.56. The van der Waals surface area contributed by atoms with Crippen LogP contribution in [0.1, 0.15) is 36.0 Å². The number of allylic oxidation sites excluding steroid dienone is 4. The zero-order chi connectivity index (χ0) is 11.7. The Bertz CT molecular complexity index is 446. The van der Waals surface area contributed by atoms with E-state index in [1.807, 2.05) is 0 Å². The molecule has 0 aliphatic heterocycles. The van der Waals surface area contributed by atoms with Crippen molar-refractivity contribution in [1.29, 1.82) is 0 Å². The van der Waals surface area contributed by atoms with E-state index in [0.29, 0.717) is 5.92 Å². The third-order valence-electron chi connectivity index (χ3n) is 3.08. The molecule has 0 N–H and O–H groups in total. The Morgan fingerprint density at radius 2 is 1.69 bits per heavy atom. The standard InChI is InChI=1S/C15H17I/c1-10-6-11(2)8-14(7-10)13-4-5-15(16)12(3)9-13/h4-8,13H,9H2,1-3H3. The van der Waals surface area contributed by atoms with Gasteiger partial charge in [0, 0.05) is 9.50 Å². The summed E-state index contributed by atoms with van der Waals surface area (Å²) in [5.41, 5.74) is 5.69. The Balaban J connectivity index is 2.30. The molecule has 1 heteroatoms. The van der Waals surface area contributed by atoms with Crippen molar-refractivity contribution in [3.05, 3.63) is 56.2 Å². The summed E-state index contributed by atoms with van der Waals surface area (Å²) < 4.78 is 1.40. The van der Waals surface area contributed by atoms with Crippen molar-refractivity contribution in [2.75, 3.05) is 0 Å². The van der Waals surface area contributed by atoms with Gasteiger partial charge in [0.15, 0.2) is 0 Å². The smallest absolute Gasteiger partial charge is 0.0116 e. The number of hydrogen-bond donors (Lipinski definition) is 0. The minimum Gasteiger partial charge on any atom is -0.0756 e. The molecule has 84 valence electrons. The molecule has 0 heterocycles. The van der Waals surface area contributed by atoms with E-state index in [2.05, 4.69) is 73.7 Å². The molecule has 0 spiro atoms. The first-order valence-electron chi connectivity index (χ1n) is 5.68. The Morgan fingerprint density at radius 1 is 1.06 bits per heavy atom. The molecular weight excluding hydrogens is 307 g/mol. The number of halogens is 1. The van der Waals surface area contributed by atoms with E-state index in [1.54, 1.807) is 0 Å². The fraction of sp³-hybridized carbons (Fsp3) is 0.333. The molecule has 0 radical (unpaired) electrons. The largest absolute Gasteiger partial charge is 0.0756 e. The topological polar surface area (TPSA) is 0 Å². The summed E-state index contributed by atoms with van der Waals surface area (Å²) in [4.78, 5) is 0. The van der Waals surface area contributed by atoms with Crippen molar-refractivity contribution in [2.45, 2.75) is 33.1 Å². The third-order valence-corrected chi connectivity index (χ3v) is 4.36. The first kappa shape index (κ1) is 11.9. The summed E-state index contributed by atoms with van der Waals surface area (Å²) >= 11 is 2.42. The second-order valence-electron chi connectivity index (χ2n) is 4.72. The van der Waals surface area contributed by atoms with Gasteiger partial charge in [-0.05, 0) is 55.3 Å². The molecule has 1 aromatic rings. The van der Waals surface area contributed by atoms with Crippen molar-refractivity contribution in [1.82, 2.24) is 0 Å². The lowest BCUT2D eigenvalue weighted by Crippen LogP contribution is -2.01. The maximum absolute atomic E-state index is 2.42. The van der Waals surface area contributed by atoms with Crippen LogP contribution in [-0.4, -0.2) is 0 Å². The molecule has 0 bridgehead atoms. The monoisotopic (exact) mass is 324 g/mol. The third kappa shape index (κ3) is 2.57. The van der Waals surface area contributed by atoms with E-state index < -0.39 is 0 Å². The van der Waals surface area contributed by atoms with Crippen molar-refractivity contribution in [3.63, 3.8) is 0 Å². The van der Waals surface area contributed by atoms with Crippen LogP contribution in [0.25, 0.3) is 0 Å². The molecule has 0 fully saturated rings. The zero-order valence-electron chi connectivity index (χ0n) is 10.0. The van der Waals surface area contributed by atoms with Crippen molar-refractivity contribution in [3.8, 4) is 0 Å². The van der Waals surface area contributed by atoms with Crippen molar-refractivity contribution >= 4 is 22.6 Å². The second-order valence-corrected chi connectivity index (χ2v) is 5.88. The average molecular weight is 324 g/mol. The highest BCUT2D eigenvalue weighted by Crippen LogP contribution is 2.34. The summed E-state index contributed by atoms with van der Waals surface area (Å²) in [6.45, 7) is 6.59. The normalized spacial score (nSPS) is 20.4. The zero-order valence-corrected chi connectivity index (χ0v) is 12.2. The minimum absolute atomic E-state index is 0.567. The van der Waals surface area contributed by atoms with Gasteiger partial charge in [-0.3, -0.25) is 0 Å². The van der Waals surface area contributed by atoms with Crippen LogP contribution in [0.5, 0.6) is 0 Å². The molecule has 1 unspecified atom stereocenters. The fourth-order valence-corrected chi connectivity index (χ4v) is 2.72. The van der Waals surface area contributed by atoms with Gasteiger partial charge < -0.3 is 0 Å². The highest BCUT2D eigenvalue weighted by atomic mass is 127. The Kier molecular flexibility index (Phi) is 3.53. The summed E-state index contributed by atoms with van der Waals surface area (Å²) in [6, 6.07) is 6.86. The molecule has 0 saturated heterocycles. The predicted molar refractivity (Wildman–Crippen MR) is 79.1 cm³/mol. The predicted octanol–water partition coefficient (Wildman–Crippen LogP) is 5.06. The van der Waals surface area contributed by atoms with Gasteiger partial charge >= 0.3 is 0 Å². The molecule has 0 saturated carbocycles. The summed E-state index contributed by atoms with van der Waals surface area (Å²) in [5, 5.41) is 0. The summed E-state index contributed by atoms with van der Waals surface area (Å²) in [5.74, 6) is 0.567. The maximum atomic E-state index is 2.42. The number of hydrogen-bond acceptors (Lipinski definition) is 0. The lowest BCUT2D eigenvalue weighted by molar-refractivity contribution is 0.810. The quantitative estimate of drug-likeness (QED) is 0.634. The Hall–Kier alpha value is -0.570. The molecule has 0 amide bonds. The molecule has 1 aliphatic carbocycles. The van der Waals surface area contributed by atoms with E-state index in [0.717, 1.165) is 6.42 Å². The second kappa shape index (κ2) is 4.74. The Morgan fingerprint density at radius 3 is 2.25 bits per heavy atom. The van der Waals surface area contributed by atoms with Crippen LogP contribution >= 0.6 is 22.6 Å². The number of aryl methyl sites for hydroxylation is 2. The Labute approximate surface area is 112 Å². The SMILES string of the molecule is CC1=C(I)C=CC(c2cc(C)cc(C)c2)C1. The fourth-order valence-electron chi connectivity index (χ4n) is 2.29. The summed E-state index contributed by atoms with van der Waals surface area (Å²) in [6.07, 6.45) is 5.75. The van der Waals surface area contributed by atoms with E-state index in [4.69, 9.17) is 0 Å². The molecule has 1 aliphatic rings. The van der Waals surface area contributed by atoms with Crippen molar-refractivity contribution < 1.29 is 0 Å². The summed E-state index contributed by atoms with van der Waals surface area (Å²) in [7, 11) is 0. The average Bonchev–Trinajstić information content (AvgIpc) is 2.20. The van der Waals surface area contributed by atoms with Gasteiger partial charge in [0.25, 0.3) is 0 Å². The lowest BCUT2D eigenvalue weighted by atomic mass is 9.87. The van der Waals surface area contributed by atoms with Gasteiger partial charge in [-0.15, -0.1) is 0 Å². The number of rotatable bonds is 1. The van der Waals surface area contributed by atoms with E-state index in [9.17, 15) is 0 Å². The highest BCUT2D eigenvalue weighted by Gasteiger charge is 2.14. The van der Waals surface area contributed by atoms with Gasteiger partial charge in [0.2, 0.25) is 0 Å².